The molecule has 5 atom stereocenters. The fourth-order valence-corrected chi connectivity index (χ4v) is 10.3. The molecule has 2 aliphatic rings. The topological polar surface area (TPSA) is 185 Å². The summed E-state index contributed by atoms with van der Waals surface area (Å²) in [6.07, 6.45) is 6.38. The first kappa shape index (κ1) is 57.4. The number of nitrogens with zero attached hydrogens (tertiary/aromatic N) is 6. The molecule has 406 valence electrons. The van der Waals surface area contributed by atoms with Crippen molar-refractivity contribution < 1.29 is 33.4 Å². The van der Waals surface area contributed by atoms with E-state index < -0.39 is 47.8 Å². The minimum Gasteiger partial charge on any atom is -0.457 e. The molecule has 2 saturated heterocycles. The van der Waals surface area contributed by atoms with E-state index >= 15 is 9.59 Å². The van der Waals surface area contributed by atoms with E-state index in [4.69, 9.17) is 43.4 Å². The van der Waals surface area contributed by atoms with Crippen molar-refractivity contribution in [2.75, 3.05) is 54.0 Å². The first-order valence-electron chi connectivity index (χ1n) is 26.3. The van der Waals surface area contributed by atoms with Crippen LogP contribution in [0.15, 0.2) is 103 Å². The summed E-state index contributed by atoms with van der Waals surface area (Å²) in [6.45, 7) is 4.79. The molecule has 5 aromatic rings. The second-order valence-electron chi connectivity index (χ2n) is 20.1. The fraction of sp³-hybridized carbons (Fsp3) is 0.448. The van der Waals surface area contributed by atoms with Crippen molar-refractivity contribution in [2.45, 2.75) is 102 Å². The van der Waals surface area contributed by atoms with Gasteiger partial charge in [-0.25, -0.2) is 4.98 Å². The lowest BCUT2D eigenvalue weighted by Gasteiger charge is -2.35. The number of amides is 5. The summed E-state index contributed by atoms with van der Waals surface area (Å²) < 4.78 is 14.2. The molecule has 0 aliphatic carbocycles. The highest BCUT2D eigenvalue weighted by Gasteiger charge is 2.37. The van der Waals surface area contributed by atoms with Gasteiger partial charge in [-0.15, -0.1) is 0 Å². The third kappa shape index (κ3) is 15.4. The van der Waals surface area contributed by atoms with E-state index in [1.807, 2.05) is 80.0 Å². The molecule has 0 radical (unpaired) electrons. The van der Waals surface area contributed by atoms with E-state index in [0.717, 1.165) is 47.8 Å². The maximum absolute atomic E-state index is 15.3. The number of rotatable bonds is 17. The molecule has 5 amide bonds. The Labute approximate surface area is 457 Å². The average molecular weight is 1080 g/mol. The number of unbranched alkanes of at least 4 members (excludes halogenated alkanes) is 1. The Morgan fingerprint density at radius 2 is 1.45 bits per heavy atom. The summed E-state index contributed by atoms with van der Waals surface area (Å²) in [4.78, 5) is 85.3. The van der Waals surface area contributed by atoms with Crippen molar-refractivity contribution in [3.63, 3.8) is 0 Å². The summed E-state index contributed by atoms with van der Waals surface area (Å²) in [7, 11) is 6.75. The smallest absolute Gasteiger partial charge is 0.247 e. The fourth-order valence-electron chi connectivity index (χ4n) is 10.1. The lowest BCUT2D eigenvalue weighted by Crippen LogP contribution is -2.57. The van der Waals surface area contributed by atoms with Crippen LogP contribution >= 0.6 is 23.2 Å². The van der Waals surface area contributed by atoms with Crippen molar-refractivity contribution in [1.82, 2.24) is 39.8 Å². The van der Waals surface area contributed by atoms with Crippen LogP contribution in [0.1, 0.15) is 74.4 Å². The number of nitrogens with two attached hydrogens (primary N) is 1. The molecule has 0 bridgehead atoms. The van der Waals surface area contributed by atoms with Gasteiger partial charge in [0.2, 0.25) is 29.5 Å². The zero-order valence-electron chi connectivity index (χ0n) is 44.4. The van der Waals surface area contributed by atoms with E-state index in [1.54, 1.807) is 56.3 Å². The largest absolute Gasteiger partial charge is 0.457 e. The number of ether oxygens (including phenoxy) is 2. The van der Waals surface area contributed by atoms with Gasteiger partial charge in [0.25, 0.3) is 0 Å². The van der Waals surface area contributed by atoms with Crippen molar-refractivity contribution >= 4 is 52.7 Å². The van der Waals surface area contributed by atoms with Gasteiger partial charge < -0.3 is 45.1 Å². The maximum atomic E-state index is 15.3. The Kier molecular flexibility index (Phi) is 20.9. The van der Waals surface area contributed by atoms with Gasteiger partial charge in [-0.3, -0.25) is 28.9 Å². The molecule has 2 fully saturated rings. The molecule has 18 heteroatoms. The Bertz CT molecular complexity index is 2740. The van der Waals surface area contributed by atoms with Gasteiger partial charge in [0.15, 0.2) is 0 Å². The van der Waals surface area contributed by atoms with Crippen LogP contribution in [-0.4, -0.2) is 137 Å². The second kappa shape index (κ2) is 27.7. The number of halogens is 2. The number of hydrogen-bond acceptors (Lipinski definition) is 10. The third-order valence-corrected chi connectivity index (χ3v) is 15.2. The number of imidazole rings is 1. The first-order chi connectivity index (χ1) is 36.6. The Hall–Kier alpha value is -6.30. The van der Waals surface area contributed by atoms with E-state index in [2.05, 4.69) is 20.1 Å². The summed E-state index contributed by atoms with van der Waals surface area (Å²) in [5.41, 5.74) is 10.1. The van der Waals surface area contributed by atoms with Gasteiger partial charge >= 0.3 is 0 Å². The maximum Gasteiger partial charge on any atom is 0.247 e. The molecule has 16 nitrogen and oxygen atoms in total. The molecule has 7 rings (SSSR count). The Morgan fingerprint density at radius 1 is 0.763 bits per heavy atom. The van der Waals surface area contributed by atoms with Crippen molar-refractivity contribution in [3.8, 4) is 22.8 Å². The van der Waals surface area contributed by atoms with E-state index in [9.17, 15) is 14.4 Å². The number of aromatic nitrogens is 2. The Balaban J connectivity index is 1.23. The molecule has 76 heavy (non-hydrogen) atoms. The Morgan fingerprint density at radius 3 is 2.14 bits per heavy atom. The average Bonchev–Trinajstić information content (AvgIpc) is 4.08. The van der Waals surface area contributed by atoms with Crippen molar-refractivity contribution in [1.29, 1.82) is 0 Å². The minimum absolute atomic E-state index is 0.0825. The van der Waals surface area contributed by atoms with Crippen molar-refractivity contribution in [2.24, 2.45) is 18.7 Å². The van der Waals surface area contributed by atoms with Gasteiger partial charge in [0.05, 0.1) is 37.5 Å². The highest BCUT2D eigenvalue weighted by atomic mass is 35.5. The number of likely N-dealkylation sites (N-methyl/N-ethyl adjacent to an activating group) is 2. The van der Waals surface area contributed by atoms with Crippen LogP contribution in [0.4, 0.5) is 0 Å². The summed E-state index contributed by atoms with van der Waals surface area (Å²) in [6, 6.07) is 25.9. The molecule has 3 heterocycles. The van der Waals surface area contributed by atoms with Gasteiger partial charge in [0, 0.05) is 80.9 Å². The lowest BCUT2D eigenvalue weighted by molar-refractivity contribution is -0.147. The highest BCUT2D eigenvalue weighted by Crippen LogP contribution is 2.33. The normalized spacial score (nSPS) is 20.9. The van der Waals surface area contributed by atoms with E-state index in [1.165, 1.54) is 29.8 Å². The van der Waals surface area contributed by atoms with Crippen LogP contribution in [-0.2, 0) is 61.7 Å². The van der Waals surface area contributed by atoms with Crippen LogP contribution < -0.4 is 21.1 Å². The SMILES string of the molecule is COC[C@@H]1NC(=O)[C@H](C)N(Cc2ccc(Cl)cc2Oc2ccc(-c3cnc(CN4CCCC4)n3C)cc2)C(=O)C[C@@H](Cc2ccccc2)C(=O)N(C)[C@@H](CCCCN)CNC(=O)C[C@H](Cc2ccc(Cl)cc2)N(C)C1=O. The zero-order chi connectivity index (χ0) is 54.3. The number of carbonyl (C=O) groups excluding carboxylic acids is 5. The molecule has 4 N–H and O–H groups in total. The first-order valence-corrected chi connectivity index (χ1v) is 27.0. The lowest BCUT2D eigenvalue weighted by atomic mass is 9.92. The zero-order valence-corrected chi connectivity index (χ0v) is 45.9. The summed E-state index contributed by atoms with van der Waals surface area (Å²) in [5.74, 6) is -1.25. The van der Waals surface area contributed by atoms with Crippen LogP contribution in [0.3, 0.4) is 0 Å². The van der Waals surface area contributed by atoms with Gasteiger partial charge in [-0.05, 0) is 125 Å². The predicted octanol–water partition coefficient (Wildman–Crippen LogP) is 7.42. The third-order valence-electron chi connectivity index (χ3n) is 14.7. The van der Waals surface area contributed by atoms with Crippen molar-refractivity contribution in [3.05, 3.63) is 136 Å². The molecule has 4 aromatic carbocycles. The minimum atomic E-state index is -1.20. The van der Waals surface area contributed by atoms with Crippen LogP contribution in [0.2, 0.25) is 10.0 Å². The van der Waals surface area contributed by atoms with E-state index in [-0.39, 0.29) is 50.8 Å². The number of benzene rings is 4. The molecular weight excluding hydrogens is 1010 g/mol. The second-order valence-corrected chi connectivity index (χ2v) is 21.0. The molecule has 0 spiro atoms. The number of likely N-dealkylation sites (tertiary alicyclic amines) is 1. The molecule has 2 aliphatic heterocycles. The molecule has 0 unspecified atom stereocenters. The quantitative estimate of drug-likeness (QED) is 0.0792. The standard InChI is InChI=1S/C58H73Cl2N9O7/c1-39-56(72)64-50(38-75-5)58(74)66(3)48(30-41-16-21-45(59)22-17-41)33-54(70)63-34-47(15-9-10-26-61)65(2)57(73)44(29-40-13-7-6-8-14-40)31-55(71)69(39)36-43-18-23-46(60)32-52(43)76-49-24-19-42(20-25-49)51-35-62-53(67(51)4)37-68-27-11-12-28-68/h6-8,13-14,16-25,32,35,39,44,47-48,50H,9-12,15,26-31,33-34,36-38,61H2,1-5H3,(H,63,70)(H,64,72)/t39-,44+,47-,48-,50-/m0/s1. The molecule has 0 saturated carbocycles. The number of nitrogens with one attached hydrogen (secondary N) is 2. The highest BCUT2D eigenvalue weighted by molar-refractivity contribution is 6.31. The number of methoxy groups -OCH3 is 1. The predicted molar refractivity (Wildman–Crippen MR) is 296 cm³/mol. The summed E-state index contributed by atoms with van der Waals surface area (Å²) in [5, 5.41) is 6.88. The van der Waals surface area contributed by atoms with Crippen LogP contribution in [0.5, 0.6) is 11.5 Å². The monoisotopic (exact) mass is 1080 g/mol. The van der Waals surface area contributed by atoms with Crippen LogP contribution in [0.25, 0.3) is 11.3 Å². The van der Waals surface area contributed by atoms with Gasteiger partial charge in [-0.1, -0.05) is 78.2 Å². The molecule has 1 aromatic heterocycles. The molecular formula is C58H73Cl2N9O7. The number of carbonyl (C=O) groups is 5. The number of hydrogen-bond donors (Lipinski definition) is 3. The van der Waals surface area contributed by atoms with Gasteiger partial charge in [0.1, 0.15) is 29.4 Å². The summed E-state index contributed by atoms with van der Waals surface area (Å²) >= 11 is 12.9. The van der Waals surface area contributed by atoms with Gasteiger partial charge in [-0.2, -0.15) is 0 Å². The van der Waals surface area contributed by atoms with E-state index in [0.29, 0.717) is 59.3 Å². The van der Waals surface area contributed by atoms with Crippen LogP contribution in [0, 0.1) is 5.92 Å².